The van der Waals surface area contributed by atoms with Crippen molar-refractivity contribution in [3.05, 3.63) is 63.2 Å². The third kappa shape index (κ3) is 3.89. The third-order valence-corrected chi connectivity index (χ3v) is 4.34. The fraction of sp³-hybridized carbons (Fsp3) is 0.263. The highest BCUT2D eigenvalue weighted by Crippen LogP contribution is 2.28. The van der Waals surface area contributed by atoms with E-state index in [9.17, 15) is 14.9 Å². The highest BCUT2D eigenvalue weighted by atomic mass is 16.7. The first-order valence-corrected chi connectivity index (χ1v) is 8.31. The molecule has 0 heterocycles. The van der Waals surface area contributed by atoms with Gasteiger partial charge < -0.3 is 14.3 Å². The van der Waals surface area contributed by atoms with Crippen LogP contribution in [-0.2, 0) is 11.3 Å². The molecule has 2 aromatic carbocycles. The minimum Gasteiger partial charge on any atom is -0.497 e. The number of aryl methyl sites for hydroxylation is 1. The first-order chi connectivity index (χ1) is 13.0. The molecule has 8 nitrogen and oxygen atoms in total. The smallest absolute Gasteiger partial charge is 0.365 e. The Morgan fingerprint density at radius 3 is 2.63 bits per heavy atom. The Balaban J connectivity index is 1.84. The lowest BCUT2D eigenvalue weighted by molar-refractivity contribution is -0.385. The standard InChI is InChI=1S/C19H18N2O6/c1-25-14-8-6-12-4-3-5-16(15(12)11-14)20-27-19(22)13-7-9-18(26-2)17(10-13)21(23)24/h6-11H,3-5H2,1-2H3/b20-16+. The van der Waals surface area contributed by atoms with E-state index in [2.05, 4.69) is 5.16 Å². The number of carbonyl (C=O) groups excluding carboxylic acids is 1. The second-order valence-corrected chi connectivity index (χ2v) is 5.94. The van der Waals surface area contributed by atoms with Crippen molar-refractivity contribution in [2.24, 2.45) is 5.16 Å². The van der Waals surface area contributed by atoms with E-state index in [0.29, 0.717) is 17.9 Å². The van der Waals surface area contributed by atoms with Gasteiger partial charge in [0, 0.05) is 11.6 Å². The molecule has 3 rings (SSSR count). The van der Waals surface area contributed by atoms with E-state index < -0.39 is 10.9 Å². The van der Waals surface area contributed by atoms with Crippen LogP contribution in [-0.4, -0.2) is 30.8 Å². The maximum Gasteiger partial charge on any atom is 0.365 e. The summed E-state index contributed by atoms with van der Waals surface area (Å²) in [4.78, 5) is 27.8. The lowest BCUT2D eigenvalue weighted by Crippen LogP contribution is -2.14. The van der Waals surface area contributed by atoms with Crippen LogP contribution in [0.3, 0.4) is 0 Å². The molecule has 0 radical (unpaired) electrons. The maximum absolute atomic E-state index is 12.3. The molecule has 0 saturated heterocycles. The zero-order valence-electron chi connectivity index (χ0n) is 14.9. The van der Waals surface area contributed by atoms with Crippen LogP contribution >= 0.6 is 0 Å². The van der Waals surface area contributed by atoms with Crippen molar-refractivity contribution in [2.45, 2.75) is 19.3 Å². The van der Waals surface area contributed by atoms with Crippen LogP contribution in [0.5, 0.6) is 11.5 Å². The molecule has 140 valence electrons. The van der Waals surface area contributed by atoms with E-state index in [1.54, 1.807) is 7.11 Å². The highest BCUT2D eigenvalue weighted by Gasteiger charge is 2.21. The van der Waals surface area contributed by atoms with Gasteiger partial charge >= 0.3 is 11.7 Å². The van der Waals surface area contributed by atoms with Crippen molar-refractivity contribution < 1.29 is 24.0 Å². The summed E-state index contributed by atoms with van der Waals surface area (Å²) in [6, 6.07) is 9.56. The average Bonchev–Trinajstić information content (AvgIpc) is 2.70. The van der Waals surface area contributed by atoms with Crippen molar-refractivity contribution in [1.82, 2.24) is 0 Å². The van der Waals surface area contributed by atoms with Gasteiger partial charge in [-0.3, -0.25) is 10.1 Å². The molecule has 0 N–H and O–H groups in total. The fourth-order valence-corrected chi connectivity index (χ4v) is 2.95. The Kier molecular flexibility index (Phi) is 5.35. The van der Waals surface area contributed by atoms with Gasteiger partial charge in [0.15, 0.2) is 5.75 Å². The zero-order chi connectivity index (χ0) is 19.4. The Labute approximate surface area is 155 Å². The van der Waals surface area contributed by atoms with Gasteiger partial charge in [-0.05, 0) is 49.1 Å². The number of ether oxygens (including phenoxy) is 2. The summed E-state index contributed by atoms with van der Waals surface area (Å²) < 4.78 is 10.2. The summed E-state index contributed by atoms with van der Waals surface area (Å²) >= 11 is 0. The molecule has 0 fully saturated rings. The summed E-state index contributed by atoms with van der Waals surface area (Å²) in [6.07, 6.45) is 2.47. The van der Waals surface area contributed by atoms with Gasteiger partial charge in [0.25, 0.3) is 0 Å². The van der Waals surface area contributed by atoms with Gasteiger partial charge in [-0.15, -0.1) is 0 Å². The Hall–Kier alpha value is -3.42. The number of methoxy groups -OCH3 is 2. The van der Waals surface area contributed by atoms with Gasteiger partial charge in [-0.25, -0.2) is 4.79 Å². The lowest BCUT2D eigenvalue weighted by atomic mass is 9.90. The quantitative estimate of drug-likeness (QED) is 0.454. The molecule has 0 aliphatic heterocycles. The van der Waals surface area contributed by atoms with Crippen molar-refractivity contribution in [1.29, 1.82) is 0 Å². The van der Waals surface area contributed by atoms with Crippen molar-refractivity contribution in [3.63, 3.8) is 0 Å². The number of hydrogen-bond donors (Lipinski definition) is 0. The summed E-state index contributed by atoms with van der Waals surface area (Å²) in [5.74, 6) is -0.0140. The van der Waals surface area contributed by atoms with Gasteiger partial charge in [0.05, 0.1) is 30.4 Å². The number of nitro groups is 1. The average molecular weight is 370 g/mol. The Morgan fingerprint density at radius 1 is 1.11 bits per heavy atom. The van der Waals surface area contributed by atoms with Gasteiger partial charge in [-0.1, -0.05) is 11.2 Å². The largest absolute Gasteiger partial charge is 0.497 e. The van der Waals surface area contributed by atoms with E-state index in [1.807, 2.05) is 18.2 Å². The Morgan fingerprint density at radius 2 is 1.93 bits per heavy atom. The minimum absolute atomic E-state index is 0.0218. The number of nitro benzene ring substituents is 1. The number of rotatable bonds is 5. The van der Waals surface area contributed by atoms with Crippen molar-refractivity contribution in [2.75, 3.05) is 14.2 Å². The highest BCUT2D eigenvalue weighted by molar-refractivity contribution is 6.03. The molecule has 27 heavy (non-hydrogen) atoms. The van der Waals surface area contributed by atoms with Crippen LogP contribution in [0, 0.1) is 10.1 Å². The molecule has 0 spiro atoms. The van der Waals surface area contributed by atoms with E-state index in [1.165, 1.54) is 19.2 Å². The molecule has 0 aromatic heterocycles. The van der Waals surface area contributed by atoms with E-state index in [0.717, 1.165) is 30.0 Å². The normalized spacial score (nSPS) is 14.4. The monoisotopic (exact) mass is 370 g/mol. The Bertz CT molecular complexity index is 922. The molecule has 0 unspecified atom stereocenters. The summed E-state index contributed by atoms with van der Waals surface area (Å²) in [5, 5.41) is 15.1. The number of carbonyl (C=O) groups is 1. The summed E-state index contributed by atoms with van der Waals surface area (Å²) in [7, 11) is 2.90. The molecule has 8 heteroatoms. The fourth-order valence-electron chi connectivity index (χ4n) is 2.95. The summed E-state index contributed by atoms with van der Waals surface area (Å²) in [6.45, 7) is 0. The molecule has 0 amide bonds. The molecule has 0 saturated carbocycles. The molecule has 1 aliphatic rings. The van der Waals surface area contributed by atoms with Crippen LogP contribution in [0.2, 0.25) is 0 Å². The van der Waals surface area contributed by atoms with Gasteiger partial charge in [-0.2, -0.15) is 0 Å². The second kappa shape index (κ2) is 7.86. The number of nitrogens with zero attached hydrogens (tertiary/aromatic N) is 2. The maximum atomic E-state index is 12.3. The topological polar surface area (TPSA) is 100 Å². The SMILES string of the molecule is COc1ccc2c(c1)/C(=N/OC(=O)c1ccc(OC)c([N+](=O)[O-])c1)CCC2. The molecule has 0 bridgehead atoms. The molecule has 1 aliphatic carbocycles. The van der Waals surface area contributed by atoms with E-state index in [4.69, 9.17) is 14.3 Å². The number of hydrogen-bond acceptors (Lipinski definition) is 7. The van der Waals surface area contributed by atoms with E-state index >= 15 is 0 Å². The zero-order valence-corrected chi connectivity index (χ0v) is 14.9. The predicted octanol–water partition coefficient (Wildman–Crippen LogP) is 3.51. The second-order valence-electron chi connectivity index (χ2n) is 5.94. The molecular weight excluding hydrogens is 352 g/mol. The lowest BCUT2D eigenvalue weighted by Gasteiger charge is -2.18. The van der Waals surface area contributed by atoms with Gasteiger partial charge in [0.1, 0.15) is 5.75 Å². The van der Waals surface area contributed by atoms with Crippen molar-refractivity contribution in [3.8, 4) is 11.5 Å². The molecular formula is C19H18N2O6. The van der Waals surface area contributed by atoms with Gasteiger partial charge in [0.2, 0.25) is 0 Å². The van der Waals surface area contributed by atoms with Crippen LogP contribution in [0.25, 0.3) is 0 Å². The number of benzene rings is 2. The molecule has 0 atom stereocenters. The molecule has 2 aromatic rings. The third-order valence-electron chi connectivity index (χ3n) is 4.34. The minimum atomic E-state index is -0.775. The first kappa shape index (κ1) is 18.4. The van der Waals surface area contributed by atoms with Crippen LogP contribution in [0.4, 0.5) is 5.69 Å². The van der Waals surface area contributed by atoms with Crippen LogP contribution in [0.1, 0.15) is 34.3 Å². The van der Waals surface area contributed by atoms with E-state index in [-0.39, 0.29) is 17.0 Å². The van der Waals surface area contributed by atoms with Crippen molar-refractivity contribution >= 4 is 17.4 Å². The van der Waals surface area contributed by atoms with Crippen LogP contribution < -0.4 is 9.47 Å². The predicted molar refractivity (Wildman–Crippen MR) is 97.5 cm³/mol. The summed E-state index contributed by atoms with van der Waals surface area (Å²) in [5.41, 5.74) is 2.35. The van der Waals surface area contributed by atoms with Crippen LogP contribution in [0.15, 0.2) is 41.6 Å². The number of fused-ring (bicyclic) bond motifs is 1. The number of oxime groups is 1. The first-order valence-electron chi connectivity index (χ1n) is 8.31.